The van der Waals surface area contributed by atoms with Gasteiger partial charge in [-0.25, -0.2) is 0 Å². The summed E-state index contributed by atoms with van der Waals surface area (Å²) >= 11 is 0. The molecule has 4 rings (SSSR count). The van der Waals surface area contributed by atoms with Gasteiger partial charge < -0.3 is 9.42 Å². The average Bonchev–Trinajstić information content (AvgIpc) is 3.40. The largest absolute Gasteiger partial charge is 0.338 e. The van der Waals surface area contributed by atoms with Crippen LogP contribution in [-0.2, 0) is 4.79 Å². The maximum Gasteiger partial charge on any atom is 0.244 e. The first-order chi connectivity index (χ1) is 12.6. The van der Waals surface area contributed by atoms with Crippen molar-refractivity contribution in [1.29, 1.82) is 0 Å². The zero-order valence-corrected chi connectivity index (χ0v) is 15.3. The first-order valence-electron chi connectivity index (χ1n) is 9.42. The van der Waals surface area contributed by atoms with Gasteiger partial charge in [0, 0.05) is 43.5 Å². The highest BCUT2D eigenvalue weighted by Gasteiger charge is 2.41. The molecule has 3 atom stereocenters. The lowest BCUT2D eigenvalue weighted by atomic mass is 10.0. The Kier molecular flexibility index (Phi) is 4.72. The average molecular weight is 355 g/mol. The maximum atomic E-state index is 12.0. The topological polar surface area (TPSA) is 75.4 Å². The second-order valence-corrected chi connectivity index (χ2v) is 7.24. The first kappa shape index (κ1) is 17.1. The molecule has 0 bridgehead atoms. The van der Waals surface area contributed by atoms with Crippen molar-refractivity contribution in [2.75, 3.05) is 13.1 Å². The van der Waals surface area contributed by atoms with Crippen molar-refractivity contribution in [2.45, 2.75) is 57.7 Å². The van der Waals surface area contributed by atoms with Crippen LogP contribution in [0.5, 0.6) is 0 Å². The molecular formula is C19H25N5O2. The number of amides is 1. The summed E-state index contributed by atoms with van der Waals surface area (Å²) < 4.78 is 5.57. The number of nitrogens with zero attached hydrogens (tertiary/aromatic N) is 5. The summed E-state index contributed by atoms with van der Waals surface area (Å²) in [7, 11) is 0. The minimum absolute atomic E-state index is 0.0369. The Balaban J connectivity index is 1.53. The number of hydrogen-bond donors (Lipinski definition) is 0. The van der Waals surface area contributed by atoms with Gasteiger partial charge in [0.2, 0.25) is 17.6 Å². The van der Waals surface area contributed by atoms with Crippen molar-refractivity contribution in [3.05, 3.63) is 30.4 Å². The quantitative estimate of drug-likeness (QED) is 0.839. The number of rotatable bonds is 4. The van der Waals surface area contributed by atoms with E-state index in [1.807, 2.05) is 17.0 Å². The second kappa shape index (κ2) is 7.15. The predicted octanol–water partition coefficient (Wildman–Crippen LogP) is 2.67. The first-order valence-corrected chi connectivity index (χ1v) is 9.42. The predicted molar refractivity (Wildman–Crippen MR) is 96.1 cm³/mol. The van der Waals surface area contributed by atoms with Crippen LogP contribution < -0.4 is 0 Å². The smallest absolute Gasteiger partial charge is 0.244 e. The minimum Gasteiger partial charge on any atom is -0.338 e. The summed E-state index contributed by atoms with van der Waals surface area (Å²) in [5, 5.41) is 4.13. The number of hydrogen-bond acceptors (Lipinski definition) is 6. The van der Waals surface area contributed by atoms with Crippen LogP contribution in [-0.4, -0.2) is 56.0 Å². The van der Waals surface area contributed by atoms with Crippen LogP contribution in [0.1, 0.15) is 51.5 Å². The fourth-order valence-corrected chi connectivity index (χ4v) is 4.45. The van der Waals surface area contributed by atoms with E-state index in [-0.39, 0.29) is 11.9 Å². The Morgan fingerprint density at radius 2 is 2.08 bits per heavy atom. The molecule has 4 heterocycles. The van der Waals surface area contributed by atoms with E-state index in [2.05, 4.69) is 26.9 Å². The van der Waals surface area contributed by atoms with Crippen LogP contribution in [0.25, 0.3) is 11.4 Å². The van der Waals surface area contributed by atoms with Gasteiger partial charge in [-0.15, -0.1) is 0 Å². The molecule has 0 saturated carbocycles. The lowest BCUT2D eigenvalue weighted by molar-refractivity contribution is -0.130. The molecule has 0 N–H and O–H groups in total. The molecule has 0 aromatic carbocycles. The molecule has 0 radical (unpaired) electrons. The van der Waals surface area contributed by atoms with E-state index in [9.17, 15) is 4.79 Å². The Morgan fingerprint density at radius 3 is 2.85 bits per heavy atom. The van der Waals surface area contributed by atoms with Gasteiger partial charge in [0.15, 0.2) is 0 Å². The summed E-state index contributed by atoms with van der Waals surface area (Å²) in [6, 6.07) is 4.49. The highest BCUT2D eigenvalue weighted by atomic mass is 16.5. The molecule has 0 aliphatic carbocycles. The van der Waals surface area contributed by atoms with Crippen molar-refractivity contribution in [1.82, 2.24) is 24.9 Å². The van der Waals surface area contributed by atoms with Crippen molar-refractivity contribution >= 4 is 5.91 Å². The van der Waals surface area contributed by atoms with Gasteiger partial charge in [-0.3, -0.25) is 14.7 Å². The van der Waals surface area contributed by atoms with Gasteiger partial charge >= 0.3 is 0 Å². The summed E-state index contributed by atoms with van der Waals surface area (Å²) in [4.78, 5) is 25.2. The van der Waals surface area contributed by atoms with Crippen LogP contribution in [0, 0.1) is 0 Å². The van der Waals surface area contributed by atoms with Gasteiger partial charge in [0.1, 0.15) is 0 Å². The normalized spacial score (nSPS) is 24.9. The third kappa shape index (κ3) is 3.11. The van der Waals surface area contributed by atoms with Gasteiger partial charge in [0.25, 0.3) is 0 Å². The molecule has 2 aliphatic rings. The minimum atomic E-state index is 0.0369. The molecule has 3 unspecified atom stereocenters. The number of pyridine rings is 1. The number of carbonyl (C=O) groups is 1. The molecule has 2 aromatic heterocycles. The monoisotopic (exact) mass is 355 g/mol. The van der Waals surface area contributed by atoms with E-state index in [0.29, 0.717) is 23.8 Å². The molecule has 1 amide bonds. The maximum absolute atomic E-state index is 12.0. The Morgan fingerprint density at radius 1 is 1.27 bits per heavy atom. The van der Waals surface area contributed by atoms with Crippen molar-refractivity contribution < 1.29 is 9.32 Å². The van der Waals surface area contributed by atoms with Crippen molar-refractivity contribution in [2.24, 2.45) is 0 Å². The molecule has 2 fully saturated rings. The second-order valence-electron chi connectivity index (χ2n) is 7.24. The SMILES string of the molecule is CC(=O)N1CCCC1C1CCCN1C(C)c1nc(-c2cccnc2)no1. The summed E-state index contributed by atoms with van der Waals surface area (Å²) in [5.74, 6) is 1.38. The molecule has 26 heavy (non-hydrogen) atoms. The highest BCUT2D eigenvalue weighted by molar-refractivity contribution is 5.74. The van der Waals surface area contributed by atoms with Crippen molar-refractivity contribution in [3.8, 4) is 11.4 Å². The fourth-order valence-electron chi connectivity index (χ4n) is 4.45. The van der Waals surface area contributed by atoms with Gasteiger partial charge in [-0.05, 0) is 51.3 Å². The third-order valence-electron chi connectivity index (χ3n) is 5.71. The van der Waals surface area contributed by atoms with E-state index in [4.69, 9.17) is 4.52 Å². The molecule has 7 nitrogen and oxygen atoms in total. The van der Waals surface area contributed by atoms with Crippen LogP contribution in [0.15, 0.2) is 29.0 Å². The standard InChI is InChI=1S/C19H25N5O2/c1-13(19-21-18(22-26-19)15-6-3-9-20-12-15)23-10-4-7-16(23)17-8-5-11-24(17)14(2)25/h3,6,9,12-13,16-17H,4-5,7-8,10-11H2,1-2H3. The van der Waals surface area contributed by atoms with E-state index in [0.717, 1.165) is 44.3 Å². The van der Waals surface area contributed by atoms with Crippen molar-refractivity contribution in [3.63, 3.8) is 0 Å². The van der Waals surface area contributed by atoms with E-state index >= 15 is 0 Å². The number of aromatic nitrogens is 3. The van der Waals surface area contributed by atoms with Gasteiger partial charge in [-0.2, -0.15) is 4.98 Å². The van der Waals surface area contributed by atoms with E-state index in [1.165, 1.54) is 0 Å². The summed E-state index contributed by atoms with van der Waals surface area (Å²) in [5.41, 5.74) is 0.853. The fraction of sp³-hybridized carbons (Fsp3) is 0.579. The molecule has 2 aromatic rings. The van der Waals surface area contributed by atoms with Gasteiger partial charge in [0.05, 0.1) is 6.04 Å². The van der Waals surface area contributed by atoms with E-state index in [1.54, 1.807) is 19.3 Å². The zero-order chi connectivity index (χ0) is 18.1. The Labute approximate surface area is 153 Å². The Hall–Kier alpha value is -2.28. The van der Waals surface area contributed by atoms with E-state index < -0.39 is 0 Å². The highest BCUT2D eigenvalue weighted by Crippen LogP contribution is 2.35. The summed E-state index contributed by atoms with van der Waals surface area (Å²) in [6.45, 7) is 5.67. The number of likely N-dealkylation sites (tertiary alicyclic amines) is 2. The molecule has 138 valence electrons. The van der Waals surface area contributed by atoms with Crippen LogP contribution >= 0.6 is 0 Å². The van der Waals surface area contributed by atoms with Crippen LogP contribution in [0.3, 0.4) is 0 Å². The van der Waals surface area contributed by atoms with Crippen LogP contribution in [0.2, 0.25) is 0 Å². The third-order valence-corrected chi connectivity index (χ3v) is 5.71. The molecular weight excluding hydrogens is 330 g/mol. The lowest BCUT2D eigenvalue weighted by Crippen LogP contribution is -2.48. The molecule has 2 saturated heterocycles. The van der Waals surface area contributed by atoms with Gasteiger partial charge in [-0.1, -0.05) is 5.16 Å². The van der Waals surface area contributed by atoms with Crippen LogP contribution in [0.4, 0.5) is 0 Å². The molecule has 7 heteroatoms. The molecule has 2 aliphatic heterocycles. The Bertz CT molecular complexity index is 762. The lowest BCUT2D eigenvalue weighted by Gasteiger charge is -2.36. The zero-order valence-electron chi connectivity index (χ0n) is 15.3. The molecule has 0 spiro atoms. The summed E-state index contributed by atoms with van der Waals surface area (Å²) in [6.07, 6.45) is 7.89. The number of carbonyl (C=O) groups excluding carboxylic acids is 1.